The van der Waals surface area contributed by atoms with Gasteiger partial charge in [-0.3, -0.25) is 9.59 Å². The van der Waals surface area contributed by atoms with Gasteiger partial charge in [0, 0.05) is 33.9 Å². The van der Waals surface area contributed by atoms with Crippen LogP contribution in [0.5, 0.6) is 5.75 Å². The van der Waals surface area contributed by atoms with Gasteiger partial charge in [-0.2, -0.15) is 0 Å². The molecular weight excluding hydrogens is 364 g/mol. The summed E-state index contributed by atoms with van der Waals surface area (Å²) in [6.07, 6.45) is 4.74. The molecule has 4 nitrogen and oxygen atoms in total. The Balaban J connectivity index is 1.73. The minimum Gasteiger partial charge on any atom is -0.507 e. The highest BCUT2D eigenvalue weighted by Gasteiger charge is 2.39. The lowest BCUT2D eigenvalue weighted by atomic mass is 9.82. The molecule has 1 aliphatic heterocycles. The summed E-state index contributed by atoms with van der Waals surface area (Å²) < 4.78 is 6.55. The van der Waals surface area contributed by atoms with Gasteiger partial charge in [0.2, 0.25) is 11.6 Å². The summed E-state index contributed by atoms with van der Waals surface area (Å²) in [5.74, 6) is -1.04. The largest absolute Gasteiger partial charge is 0.507 e. The molecular formula is C25H16O4. The van der Waals surface area contributed by atoms with Crippen LogP contribution in [0, 0.1) is 0 Å². The highest BCUT2D eigenvalue weighted by Crippen LogP contribution is 2.45. The predicted octanol–water partition coefficient (Wildman–Crippen LogP) is 4.70. The summed E-state index contributed by atoms with van der Waals surface area (Å²) >= 11 is 0. The smallest absolute Gasteiger partial charge is 0.233 e. The van der Waals surface area contributed by atoms with Crippen LogP contribution in [-0.4, -0.2) is 16.7 Å². The Labute approximate surface area is 167 Å². The number of hydrogen-bond donors (Lipinski definition) is 1. The molecule has 0 saturated carbocycles. The summed E-state index contributed by atoms with van der Waals surface area (Å²) in [4.78, 5) is 24.0. The lowest BCUT2D eigenvalue weighted by Crippen LogP contribution is -2.34. The quantitative estimate of drug-likeness (QED) is 0.655. The van der Waals surface area contributed by atoms with Crippen molar-refractivity contribution in [2.24, 2.45) is 0 Å². The lowest BCUT2D eigenvalue weighted by molar-refractivity contribution is -0.111. The molecule has 29 heavy (non-hydrogen) atoms. The first-order valence-corrected chi connectivity index (χ1v) is 9.26. The van der Waals surface area contributed by atoms with E-state index in [0.717, 1.165) is 17.2 Å². The maximum absolute atomic E-state index is 12.2. The number of aliphatic hydroxyl groups excluding tert-OH is 1. The molecule has 2 aliphatic rings. The third kappa shape index (κ3) is 2.53. The van der Waals surface area contributed by atoms with E-state index in [1.807, 2.05) is 72.8 Å². The highest BCUT2D eigenvalue weighted by molar-refractivity contribution is 6.50. The minimum absolute atomic E-state index is 0.189. The molecule has 0 bridgehead atoms. The number of Topliss-reactive ketones (excluding diaryl/α,β-unsaturated/α-hetero) is 1. The Morgan fingerprint density at radius 1 is 0.793 bits per heavy atom. The van der Waals surface area contributed by atoms with Gasteiger partial charge in [-0.05, 0) is 24.3 Å². The highest BCUT2D eigenvalue weighted by atomic mass is 16.5. The van der Waals surface area contributed by atoms with Crippen LogP contribution in [0.3, 0.4) is 0 Å². The summed E-state index contributed by atoms with van der Waals surface area (Å²) in [5, 5.41) is 10.4. The fourth-order valence-corrected chi connectivity index (χ4v) is 3.97. The van der Waals surface area contributed by atoms with Gasteiger partial charge in [0.05, 0.1) is 0 Å². The van der Waals surface area contributed by atoms with Gasteiger partial charge in [0.25, 0.3) is 0 Å². The van der Waals surface area contributed by atoms with Crippen LogP contribution in [-0.2, 0) is 10.4 Å². The number of allylic oxidation sites excluding steroid dienone is 1. The van der Waals surface area contributed by atoms with Gasteiger partial charge in [-0.1, -0.05) is 60.7 Å². The van der Waals surface area contributed by atoms with Gasteiger partial charge in [-0.15, -0.1) is 0 Å². The van der Waals surface area contributed by atoms with Crippen molar-refractivity contribution in [3.63, 3.8) is 0 Å². The third-order valence-corrected chi connectivity index (χ3v) is 5.36. The molecule has 0 aromatic heterocycles. The van der Waals surface area contributed by atoms with Crippen molar-refractivity contribution in [2.45, 2.75) is 5.60 Å². The Bertz CT molecular complexity index is 1160. The van der Waals surface area contributed by atoms with E-state index in [0.29, 0.717) is 16.9 Å². The summed E-state index contributed by atoms with van der Waals surface area (Å²) in [5.41, 5.74) is 2.16. The fraction of sp³-hybridized carbons (Fsp3) is 0.0400. The van der Waals surface area contributed by atoms with E-state index in [1.165, 1.54) is 6.07 Å². The van der Waals surface area contributed by atoms with E-state index < -0.39 is 17.2 Å². The third-order valence-electron chi connectivity index (χ3n) is 5.36. The summed E-state index contributed by atoms with van der Waals surface area (Å²) in [6.45, 7) is 0. The number of hydrogen-bond acceptors (Lipinski definition) is 4. The van der Waals surface area contributed by atoms with Crippen molar-refractivity contribution < 1.29 is 19.4 Å². The van der Waals surface area contributed by atoms with Crippen LogP contribution in [0.15, 0.2) is 84.9 Å². The second kappa shape index (κ2) is 6.31. The molecule has 0 radical (unpaired) electrons. The molecule has 0 spiro atoms. The van der Waals surface area contributed by atoms with Gasteiger partial charge >= 0.3 is 0 Å². The van der Waals surface area contributed by atoms with Crippen molar-refractivity contribution in [1.29, 1.82) is 0 Å². The first-order valence-electron chi connectivity index (χ1n) is 9.26. The van der Waals surface area contributed by atoms with Crippen molar-refractivity contribution in [2.75, 3.05) is 0 Å². The van der Waals surface area contributed by atoms with E-state index in [4.69, 9.17) is 4.74 Å². The predicted molar refractivity (Wildman–Crippen MR) is 110 cm³/mol. The molecule has 0 fully saturated rings. The Kier molecular flexibility index (Phi) is 3.74. The zero-order valence-electron chi connectivity index (χ0n) is 15.3. The molecule has 140 valence electrons. The number of benzene rings is 3. The van der Waals surface area contributed by atoms with Gasteiger partial charge in [0.1, 0.15) is 11.5 Å². The molecule has 1 heterocycles. The second-order valence-corrected chi connectivity index (χ2v) is 7.03. The molecule has 0 unspecified atom stereocenters. The average Bonchev–Trinajstić information content (AvgIpc) is 2.77. The molecule has 0 saturated heterocycles. The van der Waals surface area contributed by atoms with Crippen molar-refractivity contribution in [3.05, 3.63) is 113 Å². The van der Waals surface area contributed by atoms with Crippen LogP contribution >= 0.6 is 0 Å². The molecule has 4 heteroatoms. The van der Waals surface area contributed by atoms with Crippen molar-refractivity contribution in [1.82, 2.24) is 0 Å². The summed E-state index contributed by atoms with van der Waals surface area (Å²) in [7, 11) is 0. The number of aliphatic hydroxyl groups is 1. The Hall–Kier alpha value is -3.92. The molecule has 0 atom stereocenters. The number of carbonyl (C=O) groups is 2. The fourth-order valence-electron chi connectivity index (χ4n) is 3.97. The SMILES string of the molecule is O=C1C=C(O)c2c(ccc3c2C=CC(c2ccccc2)(c2ccccc2)O3)C1=O. The normalized spacial score (nSPS) is 16.5. The van der Waals surface area contributed by atoms with E-state index >= 15 is 0 Å². The zero-order chi connectivity index (χ0) is 20.0. The van der Waals surface area contributed by atoms with E-state index in [1.54, 1.807) is 6.07 Å². The van der Waals surface area contributed by atoms with Crippen LogP contribution in [0.1, 0.15) is 32.6 Å². The minimum atomic E-state index is -0.850. The Morgan fingerprint density at radius 2 is 1.41 bits per heavy atom. The molecule has 5 rings (SSSR count). The molecule has 0 amide bonds. The lowest BCUT2D eigenvalue weighted by Gasteiger charge is -2.37. The first kappa shape index (κ1) is 17.2. The standard InChI is InChI=1S/C25H16O4/c26-20-15-21(27)24(28)19-11-12-22-18(23(19)20)13-14-25(29-22,16-7-3-1-4-8-16)17-9-5-2-6-10-17/h1-15,26H. The number of rotatable bonds is 2. The summed E-state index contributed by atoms with van der Waals surface area (Å²) in [6, 6.07) is 22.9. The van der Waals surface area contributed by atoms with Crippen LogP contribution < -0.4 is 4.74 Å². The Morgan fingerprint density at radius 3 is 2.03 bits per heavy atom. The molecule has 3 aromatic carbocycles. The second-order valence-electron chi connectivity index (χ2n) is 7.03. The van der Waals surface area contributed by atoms with Crippen LogP contribution in [0.25, 0.3) is 11.8 Å². The first-order chi connectivity index (χ1) is 14.1. The number of ketones is 2. The molecule has 3 aromatic rings. The van der Waals surface area contributed by atoms with E-state index in [2.05, 4.69) is 0 Å². The van der Waals surface area contributed by atoms with Crippen LogP contribution in [0.2, 0.25) is 0 Å². The number of carbonyl (C=O) groups excluding carboxylic acids is 2. The van der Waals surface area contributed by atoms with Crippen molar-refractivity contribution >= 4 is 23.4 Å². The van der Waals surface area contributed by atoms with Crippen molar-refractivity contribution in [3.8, 4) is 5.75 Å². The van der Waals surface area contributed by atoms with Gasteiger partial charge in [-0.25, -0.2) is 0 Å². The maximum atomic E-state index is 12.2. The van der Waals surface area contributed by atoms with E-state index in [9.17, 15) is 14.7 Å². The van der Waals surface area contributed by atoms with Gasteiger partial charge in [0.15, 0.2) is 5.60 Å². The number of fused-ring (bicyclic) bond motifs is 3. The topological polar surface area (TPSA) is 63.6 Å². The van der Waals surface area contributed by atoms with Gasteiger partial charge < -0.3 is 9.84 Å². The molecule has 1 N–H and O–H groups in total. The zero-order valence-corrected chi connectivity index (χ0v) is 15.3. The number of ether oxygens (including phenoxy) is 1. The van der Waals surface area contributed by atoms with Crippen LogP contribution in [0.4, 0.5) is 0 Å². The molecule has 1 aliphatic carbocycles. The maximum Gasteiger partial charge on any atom is 0.233 e. The average molecular weight is 380 g/mol. The van der Waals surface area contributed by atoms with E-state index in [-0.39, 0.29) is 11.3 Å². The monoisotopic (exact) mass is 380 g/mol.